The monoisotopic (exact) mass is 447 g/mol. The molecule has 0 aliphatic carbocycles. The molecule has 0 aliphatic rings. The third-order valence-electron chi connectivity index (χ3n) is 4.12. The van der Waals surface area contributed by atoms with Gasteiger partial charge in [0.15, 0.2) is 15.6 Å². The van der Waals surface area contributed by atoms with Crippen LogP contribution < -0.4 is 5.32 Å². The lowest BCUT2D eigenvalue weighted by atomic mass is 10.1. The van der Waals surface area contributed by atoms with Gasteiger partial charge in [-0.2, -0.15) is 0 Å². The summed E-state index contributed by atoms with van der Waals surface area (Å²) in [7, 11) is -3.57. The van der Waals surface area contributed by atoms with Crippen molar-refractivity contribution >= 4 is 31.7 Å². The van der Waals surface area contributed by atoms with Crippen molar-refractivity contribution < 1.29 is 17.6 Å². The summed E-state index contributed by atoms with van der Waals surface area (Å²) in [5.41, 5.74) is 1.26. The van der Waals surface area contributed by atoms with E-state index in [0.717, 1.165) is 10.0 Å². The van der Waals surface area contributed by atoms with Gasteiger partial charge in [0, 0.05) is 10.0 Å². The highest BCUT2D eigenvalue weighted by atomic mass is 79.9. The predicted molar refractivity (Wildman–Crippen MR) is 106 cm³/mol. The van der Waals surface area contributed by atoms with E-state index < -0.39 is 15.7 Å². The molecule has 1 N–H and O–H groups in total. The van der Waals surface area contributed by atoms with Gasteiger partial charge in [-0.1, -0.05) is 46.3 Å². The number of amides is 1. The number of carbonyl (C=O) groups is 1. The standard InChI is InChI=1S/C20H18BrNO4S/c1-14(15-7-9-17(21)10-8-15)22-20(23)19-16(11-12-26-19)13-27(24,25)18-5-3-2-4-6-18/h2-12,14H,13H2,1H3,(H,22,23)/t14-/m0/s1. The van der Waals surface area contributed by atoms with Crippen LogP contribution in [-0.4, -0.2) is 14.3 Å². The molecule has 1 atom stereocenters. The number of hydrogen-bond acceptors (Lipinski definition) is 4. The fourth-order valence-electron chi connectivity index (χ4n) is 2.66. The molecule has 0 bridgehead atoms. The van der Waals surface area contributed by atoms with Crippen LogP contribution in [-0.2, 0) is 15.6 Å². The Morgan fingerprint density at radius 3 is 2.41 bits per heavy atom. The van der Waals surface area contributed by atoms with Crippen LogP contribution in [0.4, 0.5) is 0 Å². The van der Waals surface area contributed by atoms with Gasteiger partial charge >= 0.3 is 0 Å². The summed E-state index contributed by atoms with van der Waals surface area (Å²) in [6, 6.07) is 17.0. The molecule has 0 spiro atoms. The Hall–Kier alpha value is -2.38. The lowest BCUT2D eigenvalue weighted by Gasteiger charge is -2.14. The molecular formula is C20H18BrNO4S. The highest BCUT2D eigenvalue weighted by Gasteiger charge is 2.23. The smallest absolute Gasteiger partial charge is 0.287 e. The average Bonchev–Trinajstić information content (AvgIpc) is 3.10. The van der Waals surface area contributed by atoms with Crippen LogP contribution in [0, 0.1) is 0 Å². The second-order valence-electron chi connectivity index (χ2n) is 6.09. The maximum absolute atomic E-state index is 12.6. The molecule has 0 unspecified atom stereocenters. The number of furan rings is 1. The molecule has 0 saturated carbocycles. The SMILES string of the molecule is C[C@H](NC(=O)c1occc1CS(=O)(=O)c1ccccc1)c1ccc(Br)cc1. The van der Waals surface area contributed by atoms with E-state index in [1.807, 2.05) is 31.2 Å². The van der Waals surface area contributed by atoms with Gasteiger partial charge in [0.05, 0.1) is 23.0 Å². The van der Waals surface area contributed by atoms with Crippen molar-refractivity contribution in [2.24, 2.45) is 0 Å². The van der Waals surface area contributed by atoms with Gasteiger partial charge in [-0.3, -0.25) is 4.79 Å². The zero-order valence-electron chi connectivity index (χ0n) is 14.6. The van der Waals surface area contributed by atoms with Crippen molar-refractivity contribution in [1.82, 2.24) is 5.32 Å². The molecule has 5 nitrogen and oxygen atoms in total. The number of benzene rings is 2. The van der Waals surface area contributed by atoms with Crippen molar-refractivity contribution in [1.29, 1.82) is 0 Å². The largest absolute Gasteiger partial charge is 0.459 e. The van der Waals surface area contributed by atoms with Crippen molar-refractivity contribution in [3.05, 3.63) is 88.3 Å². The van der Waals surface area contributed by atoms with Crippen LogP contribution in [0.5, 0.6) is 0 Å². The van der Waals surface area contributed by atoms with Gasteiger partial charge < -0.3 is 9.73 Å². The van der Waals surface area contributed by atoms with Gasteiger partial charge in [0.25, 0.3) is 5.91 Å². The Morgan fingerprint density at radius 2 is 1.74 bits per heavy atom. The third-order valence-corrected chi connectivity index (χ3v) is 6.33. The summed E-state index contributed by atoms with van der Waals surface area (Å²) < 4.78 is 31.4. The highest BCUT2D eigenvalue weighted by Crippen LogP contribution is 2.21. The molecule has 0 aliphatic heterocycles. The summed E-state index contributed by atoms with van der Waals surface area (Å²) in [5.74, 6) is -0.740. The molecule has 3 rings (SSSR count). The third kappa shape index (κ3) is 4.67. The first-order chi connectivity index (χ1) is 12.9. The minimum atomic E-state index is -3.57. The molecule has 27 heavy (non-hydrogen) atoms. The highest BCUT2D eigenvalue weighted by molar-refractivity contribution is 9.10. The van der Waals surface area contributed by atoms with Crippen molar-refractivity contribution in [2.45, 2.75) is 23.6 Å². The van der Waals surface area contributed by atoms with E-state index in [4.69, 9.17) is 4.42 Å². The zero-order valence-corrected chi connectivity index (χ0v) is 17.0. The average molecular weight is 448 g/mol. The molecule has 0 saturated heterocycles. The van der Waals surface area contributed by atoms with E-state index in [-0.39, 0.29) is 22.5 Å². The second kappa shape index (κ2) is 8.10. The number of sulfone groups is 1. The van der Waals surface area contributed by atoms with Crippen LogP contribution in [0.15, 0.2) is 80.7 Å². The van der Waals surface area contributed by atoms with E-state index in [0.29, 0.717) is 5.56 Å². The van der Waals surface area contributed by atoms with Crippen LogP contribution in [0.25, 0.3) is 0 Å². The van der Waals surface area contributed by atoms with Crippen LogP contribution >= 0.6 is 15.9 Å². The Bertz CT molecular complexity index is 1030. The Morgan fingerprint density at radius 1 is 1.07 bits per heavy atom. The van der Waals surface area contributed by atoms with Crippen LogP contribution in [0.2, 0.25) is 0 Å². The summed E-state index contributed by atoms with van der Waals surface area (Å²) in [6.45, 7) is 1.85. The number of nitrogens with one attached hydrogen (secondary N) is 1. The van der Waals surface area contributed by atoms with Gasteiger partial charge in [-0.15, -0.1) is 0 Å². The van der Waals surface area contributed by atoms with Crippen molar-refractivity contribution in [2.75, 3.05) is 0 Å². The second-order valence-corrected chi connectivity index (χ2v) is 9.00. The van der Waals surface area contributed by atoms with Gasteiger partial charge in [-0.25, -0.2) is 8.42 Å². The number of rotatable bonds is 6. The lowest BCUT2D eigenvalue weighted by molar-refractivity contribution is 0.0911. The molecule has 2 aromatic carbocycles. The Labute approximate surface area is 166 Å². The fourth-order valence-corrected chi connectivity index (χ4v) is 4.30. The number of halogens is 1. The quantitative estimate of drug-likeness (QED) is 0.602. The van der Waals surface area contributed by atoms with E-state index in [9.17, 15) is 13.2 Å². The first-order valence-electron chi connectivity index (χ1n) is 8.27. The maximum atomic E-state index is 12.6. The van der Waals surface area contributed by atoms with Crippen LogP contribution in [0.3, 0.4) is 0 Å². The van der Waals surface area contributed by atoms with Crippen molar-refractivity contribution in [3.8, 4) is 0 Å². The Balaban J connectivity index is 1.76. The topological polar surface area (TPSA) is 76.4 Å². The minimum absolute atomic E-state index is 0.0125. The lowest BCUT2D eigenvalue weighted by Crippen LogP contribution is -2.27. The minimum Gasteiger partial charge on any atom is -0.459 e. The molecule has 3 aromatic rings. The Kier molecular flexibility index (Phi) is 5.82. The van der Waals surface area contributed by atoms with Gasteiger partial charge in [-0.05, 0) is 42.8 Å². The molecule has 0 fully saturated rings. The molecule has 140 valence electrons. The number of carbonyl (C=O) groups excluding carboxylic acids is 1. The molecular weight excluding hydrogens is 430 g/mol. The van der Waals surface area contributed by atoms with Gasteiger partial charge in [0.2, 0.25) is 0 Å². The van der Waals surface area contributed by atoms with Crippen molar-refractivity contribution in [3.63, 3.8) is 0 Å². The van der Waals surface area contributed by atoms with E-state index in [1.54, 1.807) is 18.2 Å². The molecule has 0 radical (unpaired) electrons. The first kappa shape index (κ1) is 19.4. The normalized spacial score (nSPS) is 12.5. The summed E-state index contributed by atoms with van der Waals surface area (Å²) in [4.78, 5) is 12.8. The predicted octanol–water partition coefficient (Wildman–Crippen LogP) is 4.51. The molecule has 1 aromatic heterocycles. The number of hydrogen-bond donors (Lipinski definition) is 1. The van der Waals surface area contributed by atoms with Gasteiger partial charge in [0.1, 0.15) is 0 Å². The summed E-state index contributed by atoms with van der Waals surface area (Å²) >= 11 is 3.37. The first-order valence-corrected chi connectivity index (χ1v) is 10.7. The zero-order chi connectivity index (χ0) is 19.4. The van der Waals surface area contributed by atoms with E-state index in [1.165, 1.54) is 24.5 Å². The molecule has 1 amide bonds. The fraction of sp³-hybridized carbons (Fsp3) is 0.150. The summed E-state index contributed by atoms with van der Waals surface area (Å²) in [6.07, 6.45) is 1.33. The molecule has 7 heteroatoms. The van der Waals surface area contributed by atoms with Crippen LogP contribution in [0.1, 0.15) is 34.6 Å². The molecule has 1 heterocycles. The maximum Gasteiger partial charge on any atom is 0.287 e. The van der Waals surface area contributed by atoms with E-state index in [2.05, 4.69) is 21.2 Å². The van der Waals surface area contributed by atoms with E-state index >= 15 is 0 Å². The summed E-state index contributed by atoms with van der Waals surface area (Å²) in [5, 5.41) is 2.84.